The molecule has 63 heavy (non-hydrogen) atoms. The lowest BCUT2D eigenvalue weighted by molar-refractivity contribution is -0.136. The summed E-state index contributed by atoms with van der Waals surface area (Å²) in [5, 5.41) is 6.17. The summed E-state index contributed by atoms with van der Waals surface area (Å²) >= 11 is 0. The Bertz CT molecular complexity index is 2510. The molecule has 0 bridgehead atoms. The van der Waals surface area contributed by atoms with Crippen molar-refractivity contribution in [2.75, 3.05) is 41.3 Å². The third kappa shape index (κ3) is 7.88. The third-order valence-corrected chi connectivity index (χ3v) is 13.3. The highest BCUT2D eigenvalue weighted by Gasteiger charge is 2.46. The minimum Gasteiger partial charge on any atom is -0.490 e. The van der Waals surface area contributed by atoms with Crippen LogP contribution in [0.5, 0.6) is 5.75 Å². The number of hydrogen-bond acceptors (Lipinski definition) is 12. The number of hydrogen-bond donors (Lipinski definition) is 2. The van der Waals surface area contributed by atoms with E-state index in [-0.39, 0.29) is 48.2 Å². The van der Waals surface area contributed by atoms with Crippen LogP contribution >= 0.6 is 0 Å². The van der Waals surface area contributed by atoms with Gasteiger partial charge in [-0.15, -0.1) is 0 Å². The molecule has 6 heterocycles. The number of piperazine rings is 1. The second-order valence-corrected chi connectivity index (χ2v) is 17.6. The Morgan fingerprint density at radius 3 is 2.38 bits per heavy atom. The Morgan fingerprint density at radius 2 is 1.67 bits per heavy atom. The Hall–Kier alpha value is -6.67. The van der Waals surface area contributed by atoms with Crippen molar-refractivity contribution in [2.24, 2.45) is 0 Å². The van der Waals surface area contributed by atoms with Crippen molar-refractivity contribution in [3.05, 3.63) is 83.6 Å². The lowest BCUT2D eigenvalue weighted by atomic mass is 9.84. The molecule has 6 amide bonds. The first kappa shape index (κ1) is 41.7. The fraction of sp³-hybridized carbons (Fsp3) is 0.457. The molecule has 4 aromatic rings. The number of ether oxygens (including phenoxy) is 1. The number of amides is 6. The van der Waals surface area contributed by atoms with E-state index in [9.17, 15) is 24.0 Å². The highest BCUT2D eigenvalue weighted by Crippen LogP contribution is 2.38. The third-order valence-electron chi connectivity index (χ3n) is 13.3. The number of nitrogens with one attached hydrogen (secondary N) is 2. The Morgan fingerprint density at radius 1 is 0.921 bits per heavy atom. The van der Waals surface area contributed by atoms with Crippen molar-refractivity contribution < 1.29 is 28.7 Å². The van der Waals surface area contributed by atoms with Crippen LogP contribution in [-0.4, -0.2) is 128 Å². The summed E-state index contributed by atoms with van der Waals surface area (Å²) < 4.78 is 6.32. The van der Waals surface area contributed by atoms with Gasteiger partial charge in [0.2, 0.25) is 23.5 Å². The molecule has 3 saturated heterocycles. The number of carbonyl (C=O) groups is 5. The molecule has 9 rings (SSSR count). The number of pyridine rings is 1. The maximum absolute atomic E-state index is 13.6. The first-order valence-electron chi connectivity index (χ1n) is 21.8. The van der Waals surface area contributed by atoms with Crippen LogP contribution < -0.4 is 25.2 Å². The average Bonchev–Trinajstić information content (AvgIpc) is 3.51. The second-order valence-electron chi connectivity index (χ2n) is 17.6. The first-order valence-corrected chi connectivity index (χ1v) is 21.8. The second kappa shape index (κ2) is 16.9. The number of imide groups is 2. The molecule has 1 unspecified atom stereocenters. The zero-order valence-electron chi connectivity index (χ0n) is 35.9. The molecule has 3 atom stereocenters. The van der Waals surface area contributed by atoms with Gasteiger partial charge in [-0.1, -0.05) is 12.1 Å². The van der Waals surface area contributed by atoms with Gasteiger partial charge in [-0.25, -0.2) is 19.6 Å². The molecule has 5 aliphatic rings. The highest BCUT2D eigenvalue weighted by molar-refractivity contribution is 6.23. The molecule has 2 aromatic heterocycles. The van der Waals surface area contributed by atoms with Crippen molar-refractivity contribution in [3.63, 3.8) is 0 Å². The van der Waals surface area contributed by atoms with Crippen molar-refractivity contribution in [1.82, 2.24) is 35.0 Å². The van der Waals surface area contributed by atoms with Crippen LogP contribution in [0.1, 0.15) is 86.9 Å². The smallest absolute Gasteiger partial charge is 0.322 e. The van der Waals surface area contributed by atoms with E-state index in [1.807, 2.05) is 36.1 Å². The van der Waals surface area contributed by atoms with Gasteiger partial charge in [-0.3, -0.25) is 39.3 Å². The van der Waals surface area contributed by atoms with Gasteiger partial charge in [0.25, 0.3) is 11.8 Å². The van der Waals surface area contributed by atoms with E-state index < -0.39 is 29.7 Å². The number of fused-ring (bicyclic) bond motifs is 2. The van der Waals surface area contributed by atoms with Crippen LogP contribution in [-0.2, 0) is 9.59 Å². The molecule has 17 nitrogen and oxygen atoms in total. The van der Waals surface area contributed by atoms with Crippen molar-refractivity contribution in [3.8, 4) is 5.75 Å². The van der Waals surface area contributed by atoms with Gasteiger partial charge < -0.3 is 24.8 Å². The van der Waals surface area contributed by atoms with Crippen LogP contribution in [0.3, 0.4) is 0 Å². The lowest BCUT2D eigenvalue weighted by Gasteiger charge is -2.50. The number of urea groups is 1. The highest BCUT2D eigenvalue weighted by atomic mass is 16.5. The predicted octanol–water partition coefficient (Wildman–Crippen LogP) is 5.40. The summed E-state index contributed by atoms with van der Waals surface area (Å²) in [4.78, 5) is 91.4. The van der Waals surface area contributed by atoms with Crippen molar-refractivity contribution in [2.45, 2.75) is 109 Å². The van der Waals surface area contributed by atoms with Crippen LogP contribution in [0.15, 0.2) is 61.1 Å². The van der Waals surface area contributed by atoms with E-state index in [4.69, 9.17) is 11.3 Å². The fourth-order valence-electron chi connectivity index (χ4n) is 10.1. The molecule has 1 saturated carbocycles. The number of aromatic nitrogens is 3. The van der Waals surface area contributed by atoms with Crippen LogP contribution in [0.2, 0.25) is 0 Å². The standard InChI is InChI=1S/C46H51N11O6/c1-26(2)56(31-19-33(20-31)63-32-8-9-34-36(21-32)44(61)57(43(34)60)39-12-13-40(58)52-42(39)59)30-14-17-53(18-15-30)45-49-22-29(23-50-45)51-46(62)55-25-27(3)54(24-28(55)4)38-11-10-37(47-5)41-35(38)7-6-16-48-41/h6-11,16,21-23,26-28,30-31,33,39H,12-15,17-20,24-25H2,1-4H3,(H,51,62)(H,52,58,59)/t27-,28+,31?,33?,39?/m0/s1. The molecular formula is C46H51N11O6. The minimum absolute atomic E-state index is 0.0295. The maximum Gasteiger partial charge on any atom is 0.322 e. The zero-order chi connectivity index (χ0) is 44.1. The van der Waals surface area contributed by atoms with Crippen LogP contribution in [0.25, 0.3) is 15.7 Å². The molecule has 0 radical (unpaired) electrons. The minimum atomic E-state index is -1.01. The monoisotopic (exact) mass is 853 g/mol. The summed E-state index contributed by atoms with van der Waals surface area (Å²) in [6, 6.07) is 12.4. The lowest BCUT2D eigenvalue weighted by Crippen LogP contribution is -2.59. The number of carbonyl (C=O) groups excluding carboxylic acids is 5. The SMILES string of the molecule is [C-]#[N+]c1ccc(N2C[C@@H](C)N(C(=O)Nc3cnc(N4CCC(N(C(C)C)C5CC(Oc6ccc7c(c6)C(=O)N(C6CCC(=O)NC6=O)C7=O)C5)CC4)nc3)C[C@@H]2C)c2cccnc12. The van der Waals surface area contributed by atoms with Gasteiger partial charge in [0.15, 0.2) is 0 Å². The Labute approximate surface area is 365 Å². The van der Waals surface area contributed by atoms with Crippen LogP contribution in [0.4, 0.5) is 27.8 Å². The van der Waals surface area contributed by atoms with Gasteiger partial charge in [0, 0.05) is 92.9 Å². The predicted molar refractivity (Wildman–Crippen MR) is 235 cm³/mol. The number of nitrogens with zero attached hydrogens (tertiary/aromatic N) is 9. The van der Waals surface area contributed by atoms with Crippen molar-refractivity contribution >= 4 is 63.6 Å². The largest absolute Gasteiger partial charge is 0.490 e. The summed E-state index contributed by atoms with van der Waals surface area (Å²) in [5.41, 5.74) is 3.20. The van der Waals surface area contributed by atoms with E-state index in [2.05, 4.69) is 65.9 Å². The van der Waals surface area contributed by atoms with Crippen LogP contribution in [0, 0.1) is 6.57 Å². The molecule has 4 fully saturated rings. The number of piperidine rings is 2. The fourth-order valence-corrected chi connectivity index (χ4v) is 10.1. The maximum atomic E-state index is 13.6. The molecule has 4 aliphatic heterocycles. The summed E-state index contributed by atoms with van der Waals surface area (Å²) in [6.45, 7) is 18.9. The summed E-state index contributed by atoms with van der Waals surface area (Å²) in [5.74, 6) is -0.984. The molecule has 2 aromatic carbocycles. The van der Waals surface area contributed by atoms with E-state index in [0.29, 0.717) is 59.8 Å². The molecule has 0 spiro atoms. The van der Waals surface area contributed by atoms with E-state index in [1.54, 1.807) is 36.8 Å². The Balaban J connectivity index is 0.751. The number of benzene rings is 2. The van der Waals surface area contributed by atoms with E-state index in [0.717, 1.165) is 54.7 Å². The molecular weight excluding hydrogens is 803 g/mol. The van der Waals surface area contributed by atoms with Gasteiger partial charge >= 0.3 is 6.03 Å². The van der Waals surface area contributed by atoms with Gasteiger partial charge in [0.05, 0.1) is 41.3 Å². The van der Waals surface area contributed by atoms with E-state index in [1.165, 1.54) is 0 Å². The van der Waals surface area contributed by atoms with E-state index >= 15 is 0 Å². The summed E-state index contributed by atoms with van der Waals surface area (Å²) in [6.07, 6.45) is 8.76. The molecule has 326 valence electrons. The Kier molecular flexibility index (Phi) is 11.2. The van der Waals surface area contributed by atoms with Gasteiger partial charge in [-0.2, -0.15) is 0 Å². The number of anilines is 3. The van der Waals surface area contributed by atoms with Crippen molar-refractivity contribution in [1.29, 1.82) is 0 Å². The van der Waals surface area contributed by atoms with Gasteiger partial charge in [0.1, 0.15) is 17.9 Å². The molecule has 1 aliphatic carbocycles. The average molecular weight is 854 g/mol. The topological polar surface area (TPSA) is 178 Å². The summed E-state index contributed by atoms with van der Waals surface area (Å²) in [7, 11) is 0. The number of rotatable bonds is 9. The first-order chi connectivity index (χ1) is 30.4. The molecule has 2 N–H and O–H groups in total. The van der Waals surface area contributed by atoms with Gasteiger partial charge in [-0.05, 0) is 77.3 Å². The quantitative estimate of drug-likeness (QED) is 0.162. The normalized spacial score (nSPS) is 24.1. The molecule has 17 heteroatoms. The zero-order valence-corrected chi connectivity index (χ0v) is 35.9.